The van der Waals surface area contributed by atoms with Crippen molar-refractivity contribution in [3.63, 3.8) is 0 Å². The van der Waals surface area contributed by atoms with E-state index < -0.39 is 0 Å². The fraction of sp³-hybridized carbons (Fsp3) is 0.467. The summed E-state index contributed by atoms with van der Waals surface area (Å²) < 4.78 is 0. The third kappa shape index (κ3) is 3.74. The molecule has 100 valence electrons. The summed E-state index contributed by atoms with van der Waals surface area (Å²) in [6, 6.07) is 12.3. The quantitative estimate of drug-likeness (QED) is 0.796. The molecule has 1 aromatic rings. The second kappa shape index (κ2) is 6.12. The first-order valence-electron chi connectivity index (χ1n) is 6.50. The van der Waals surface area contributed by atoms with Crippen molar-refractivity contribution in [3.8, 4) is 6.07 Å². The number of rotatable bonds is 3. The molecule has 0 bridgehead atoms. The van der Waals surface area contributed by atoms with Gasteiger partial charge in [-0.05, 0) is 31.9 Å². The molecule has 1 heterocycles. The Labute approximate surface area is 118 Å². The smallest absolute Gasteiger partial charge is 0.232 e. The monoisotopic (exact) mass is 274 g/mol. The first-order chi connectivity index (χ1) is 9.13. The highest BCUT2D eigenvalue weighted by molar-refractivity contribution is 8.00. The van der Waals surface area contributed by atoms with Gasteiger partial charge in [-0.25, -0.2) is 0 Å². The van der Waals surface area contributed by atoms with Crippen LogP contribution >= 0.6 is 11.8 Å². The molecular formula is C15H18N2OS. The first-order valence-corrected chi connectivity index (χ1v) is 7.48. The van der Waals surface area contributed by atoms with Crippen molar-refractivity contribution in [2.75, 3.05) is 18.8 Å². The van der Waals surface area contributed by atoms with E-state index in [2.05, 4.69) is 6.07 Å². The number of benzene rings is 1. The van der Waals surface area contributed by atoms with Crippen molar-refractivity contribution in [2.24, 2.45) is 5.41 Å². The highest BCUT2D eigenvalue weighted by atomic mass is 32.2. The van der Waals surface area contributed by atoms with E-state index in [1.807, 2.05) is 42.2 Å². The number of thioether (sulfide) groups is 1. The number of likely N-dealkylation sites (tertiary alicyclic amines) is 1. The molecule has 1 amide bonds. The first kappa shape index (κ1) is 14.0. The normalized spacial score (nSPS) is 17.8. The number of hydrogen-bond acceptors (Lipinski definition) is 3. The van der Waals surface area contributed by atoms with Gasteiger partial charge in [0.2, 0.25) is 5.91 Å². The lowest BCUT2D eigenvalue weighted by atomic mass is 9.82. The topological polar surface area (TPSA) is 44.1 Å². The largest absolute Gasteiger partial charge is 0.342 e. The SMILES string of the molecule is CC1(C#N)CCN(C(=O)CSc2ccccc2)CC1. The van der Waals surface area contributed by atoms with Crippen molar-refractivity contribution in [1.82, 2.24) is 4.90 Å². The van der Waals surface area contributed by atoms with Crippen molar-refractivity contribution in [2.45, 2.75) is 24.7 Å². The van der Waals surface area contributed by atoms with Crippen LogP contribution in [0.25, 0.3) is 0 Å². The molecule has 19 heavy (non-hydrogen) atoms. The average molecular weight is 274 g/mol. The second-order valence-electron chi connectivity index (χ2n) is 5.15. The van der Waals surface area contributed by atoms with E-state index >= 15 is 0 Å². The van der Waals surface area contributed by atoms with Gasteiger partial charge in [0, 0.05) is 18.0 Å². The molecule has 0 N–H and O–H groups in total. The molecule has 0 aromatic heterocycles. The molecule has 1 aliphatic heterocycles. The van der Waals surface area contributed by atoms with Crippen LogP contribution in [0.5, 0.6) is 0 Å². The standard InChI is InChI=1S/C15H18N2OS/c1-15(12-16)7-9-17(10-8-15)14(18)11-19-13-5-3-2-4-6-13/h2-6H,7-11H2,1H3. The van der Waals surface area contributed by atoms with Gasteiger partial charge in [0.25, 0.3) is 0 Å². The summed E-state index contributed by atoms with van der Waals surface area (Å²) in [4.78, 5) is 15.1. The van der Waals surface area contributed by atoms with Gasteiger partial charge in [-0.3, -0.25) is 4.79 Å². The summed E-state index contributed by atoms with van der Waals surface area (Å²) in [6.45, 7) is 3.39. The maximum Gasteiger partial charge on any atom is 0.232 e. The maximum atomic E-state index is 12.1. The van der Waals surface area contributed by atoms with E-state index in [9.17, 15) is 4.79 Å². The Bertz CT molecular complexity index is 473. The predicted molar refractivity (Wildman–Crippen MR) is 76.7 cm³/mol. The van der Waals surface area contributed by atoms with Crippen LogP contribution in [0.4, 0.5) is 0 Å². The number of nitriles is 1. The van der Waals surface area contributed by atoms with Gasteiger partial charge in [0.1, 0.15) is 0 Å². The summed E-state index contributed by atoms with van der Waals surface area (Å²) in [7, 11) is 0. The fourth-order valence-electron chi connectivity index (χ4n) is 2.11. The molecule has 3 nitrogen and oxygen atoms in total. The number of nitrogens with zero attached hydrogens (tertiary/aromatic N) is 2. The summed E-state index contributed by atoms with van der Waals surface area (Å²) in [5.74, 6) is 0.654. The minimum absolute atomic E-state index is 0.175. The predicted octanol–water partition coefficient (Wildman–Crippen LogP) is 2.93. The Morgan fingerprint density at radius 1 is 1.37 bits per heavy atom. The number of piperidine rings is 1. The third-order valence-corrected chi connectivity index (χ3v) is 4.59. The van der Waals surface area contributed by atoms with Crippen LogP contribution in [0.15, 0.2) is 35.2 Å². The van der Waals surface area contributed by atoms with Crippen molar-refractivity contribution in [3.05, 3.63) is 30.3 Å². The molecule has 1 aromatic carbocycles. The van der Waals surface area contributed by atoms with Crippen LogP contribution in [0.1, 0.15) is 19.8 Å². The molecule has 0 atom stereocenters. The Hall–Kier alpha value is -1.47. The lowest BCUT2D eigenvalue weighted by Gasteiger charge is -2.34. The minimum Gasteiger partial charge on any atom is -0.342 e. The van der Waals surface area contributed by atoms with Gasteiger partial charge < -0.3 is 4.90 Å². The van der Waals surface area contributed by atoms with Gasteiger partial charge in [0.05, 0.1) is 17.2 Å². The van der Waals surface area contributed by atoms with E-state index in [0.29, 0.717) is 18.8 Å². The molecule has 4 heteroatoms. The van der Waals surface area contributed by atoms with Gasteiger partial charge in [0.15, 0.2) is 0 Å². The molecule has 1 fully saturated rings. The molecule has 1 aliphatic rings. The van der Waals surface area contributed by atoms with E-state index in [4.69, 9.17) is 5.26 Å². The molecule has 0 spiro atoms. The van der Waals surface area contributed by atoms with E-state index in [-0.39, 0.29) is 11.3 Å². The van der Waals surface area contributed by atoms with Crippen LogP contribution in [-0.2, 0) is 4.79 Å². The zero-order valence-electron chi connectivity index (χ0n) is 11.1. The van der Waals surface area contributed by atoms with Gasteiger partial charge in [-0.1, -0.05) is 18.2 Å². The average Bonchev–Trinajstić information content (AvgIpc) is 2.47. The molecule has 0 unspecified atom stereocenters. The maximum absolute atomic E-state index is 12.1. The lowest BCUT2D eigenvalue weighted by Crippen LogP contribution is -2.42. The molecule has 2 rings (SSSR count). The number of hydrogen-bond donors (Lipinski definition) is 0. The number of carbonyl (C=O) groups is 1. The van der Waals surface area contributed by atoms with Crippen molar-refractivity contribution in [1.29, 1.82) is 5.26 Å². The minimum atomic E-state index is -0.247. The van der Waals surface area contributed by atoms with Crippen LogP contribution in [0, 0.1) is 16.7 Å². The van der Waals surface area contributed by atoms with E-state index in [1.165, 1.54) is 0 Å². The van der Waals surface area contributed by atoms with Crippen LogP contribution < -0.4 is 0 Å². The highest BCUT2D eigenvalue weighted by Crippen LogP contribution is 2.30. The molecule has 0 saturated carbocycles. The molecule has 0 aliphatic carbocycles. The summed E-state index contributed by atoms with van der Waals surface area (Å²) in [5, 5.41) is 9.07. The van der Waals surface area contributed by atoms with Crippen molar-refractivity contribution < 1.29 is 4.79 Å². The zero-order valence-corrected chi connectivity index (χ0v) is 11.9. The fourth-order valence-corrected chi connectivity index (χ4v) is 2.94. The van der Waals surface area contributed by atoms with E-state index in [1.54, 1.807) is 11.8 Å². The molecule has 0 radical (unpaired) electrons. The van der Waals surface area contributed by atoms with E-state index in [0.717, 1.165) is 17.7 Å². The van der Waals surface area contributed by atoms with Gasteiger partial charge >= 0.3 is 0 Å². The van der Waals surface area contributed by atoms with Gasteiger partial charge in [-0.2, -0.15) is 5.26 Å². The Morgan fingerprint density at radius 3 is 2.58 bits per heavy atom. The van der Waals surface area contributed by atoms with Crippen LogP contribution in [0.2, 0.25) is 0 Å². The lowest BCUT2D eigenvalue weighted by molar-refractivity contribution is -0.130. The molecule has 1 saturated heterocycles. The number of carbonyl (C=O) groups excluding carboxylic acids is 1. The third-order valence-electron chi connectivity index (χ3n) is 3.60. The Balaban J connectivity index is 1.81. The summed E-state index contributed by atoms with van der Waals surface area (Å²) >= 11 is 1.57. The highest BCUT2D eigenvalue weighted by Gasteiger charge is 2.31. The number of amides is 1. The van der Waals surface area contributed by atoms with Crippen LogP contribution in [-0.4, -0.2) is 29.6 Å². The Kier molecular flexibility index (Phi) is 4.49. The second-order valence-corrected chi connectivity index (χ2v) is 6.20. The summed E-state index contributed by atoms with van der Waals surface area (Å²) in [5.41, 5.74) is -0.247. The summed E-state index contributed by atoms with van der Waals surface area (Å²) in [6.07, 6.45) is 1.57. The van der Waals surface area contributed by atoms with Crippen molar-refractivity contribution >= 4 is 17.7 Å². The van der Waals surface area contributed by atoms with Crippen LogP contribution in [0.3, 0.4) is 0 Å². The zero-order chi connectivity index (χ0) is 13.7. The molecular weight excluding hydrogens is 256 g/mol. The Morgan fingerprint density at radius 2 is 2.00 bits per heavy atom. The van der Waals surface area contributed by atoms with Gasteiger partial charge in [-0.15, -0.1) is 11.8 Å².